The predicted molar refractivity (Wildman–Crippen MR) is 116 cm³/mol. The predicted octanol–water partition coefficient (Wildman–Crippen LogP) is 5.64. The van der Waals surface area contributed by atoms with Gasteiger partial charge in [0.05, 0.1) is 16.3 Å². The van der Waals surface area contributed by atoms with E-state index in [0.29, 0.717) is 46.0 Å². The van der Waals surface area contributed by atoms with E-state index < -0.39 is 6.03 Å². The van der Waals surface area contributed by atoms with Crippen LogP contribution >= 0.6 is 23.2 Å². The van der Waals surface area contributed by atoms with Crippen molar-refractivity contribution in [2.75, 3.05) is 23.8 Å². The largest absolute Gasteiger partial charge is 0.486 e. The van der Waals surface area contributed by atoms with Gasteiger partial charge in [0.1, 0.15) is 13.2 Å². The molecule has 1 aliphatic rings. The van der Waals surface area contributed by atoms with E-state index in [-0.39, 0.29) is 17.0 Å². The molecule has 2 amide bonds. The van der Waals surface area contributed by atoms with E-state index in [9.17, 15) is 9.59 Å². The van der Waals surface area contributed by atoms with Gasteiger partial charge in [-0.1, -0.05) is 41.4 Å². The molecule has 4 rings (SSSR count). The van der Waals surface area contributed by atoms with Crippen molar-refractivity contribution in [3.8, 4) is 11.5 Å². The van der Waals surface area contributed by atoms with Crippen molar-refractivity contribution >= 4 is 46.4 Å². The summed E-state index contributed by atoms with van der Waals surface area (Å²) in [5.74, 6) is 0.517. The summed E-state index contributed by atoms with van der Waals surface area (Å²) in [4.78, 5) is 25.8. The van der Waals surface area contributed by atoms with Gasteiger partial charge in [-0.2, -0.15) is 0 Å². The van der Waals surface area contributed by atoms with E-state index in [0.717, 1.165) is 0 Å². The molecule has 0 aromatic heterocycles. The number of hydrogen-bond donors (Lipinski definition) is 2. The highest BCUT2D eigenvalue weighted by Gasteiger charge is 2.23. The Labute approximate surface area is 182 Å². The fourth-order valence-electron chi connectivity index (χ4n) is 3.02. The Morgan fingerprint density at radius 1 is 0.800 bits per heavy atom. The van der Waals surface area contributed by atoms with Crippen LogP contribution in [0.2, 0.25) is 10.0 Å². The summed E-state index contributed by atoms with van der Waals surface area (Å²) in [7, 11) is 0. The van der Waals surface area contributed by atoms with Crippen molar-refractivity contribution in [2.45, 2.75) is 0 Å². The second kappa shape index (κ2) is 8.65. The average Bonchev–Trinajstić information content (AvgIpc) is 2.73. The molecule has 2 N–H and O–H groups in total. The zero-order valence-corrected chi connectivity index (χ0v) is 17.1. The lowest BCUT2D eigenvalue weighted by Crippen LogP contribution is -2.22. The number of halogens is 2. The quantitative estimate of drug-likeness (QED) is 0.512. The van der Waals surface area contributed by atoms with Crippen LogP contribution in [0.3, 0.4) is 0 Å². The van der Waals surface area contributed by atoms with Gasteiger partial charge in [-0.25, -0.2) is 4.79 Å². The molecule has 0 unspecified atom stereocenters. The van der Waals surface area contributed by atoms with Gasteiger partial charge in [0, 0.05) is 22.3 Å². The molecule has 0 saturated carbocycles. The Morgan fingerprint density at radius 3 is 2.27 bits per heavy atom. The van der Waals surface area contributed by atoms with Gasteiger partial charge < -0.3 is 20.1 Å². The molecule has 152 valence electrons. The van der Waals surface area contributed by atoms with E-state index >= 15 is 0 Å². The van der Waals surface area contributed by atoms with Crippen LogP contribution < -0.4 is 20.1 Å². The number of nitrogens with one attached hydrogen (secondary N) is 2. The van der Waals surface area contributed by atoms with Crippen LogP contribution in [0, 0.1) is 0 Å². The Hall–Kier alpha value is -3.22. The number of carbonyl (C=O) groups is 2. The van der Waals surface area contributed by atoms with Crippen LogP contribution in [0.25, 0.3) is 0 Å². The lowest BCUT2D eigenvalue weighted by Gasteiger charge is -2.21. The van der Waals surface area contributed by atoms with Crippen LogP contribution in [0.15, 0.2) is 60.7 Å². The number of anilines is 2. The van der Waals surface area contributed by atoms with Crippen molar-refractivity contribution < 1.29 is 19.1 Å². The molecule has 0 fully saturated rings. The maximum atomic E-state index is 13.2. The molecule has 0 saturated heterocycles. The molecule has 1 heterocycles. The lowest BCUT2D eigenvalue weighted by molar-refractivity contribution is 0.103. The Morgan fingerprint density at radius 2 is 1.53 bits per heavy atom. The van der Waals surface area contributed by atoms with E-state index in [2.05, 4.69) is 10.6 Å². The third-order valence-corrected chi connectivity index (χ3v) is 4.94. The first-order chi connectivity index (χ1) is 14.5. The van der Waals surface area contributed by atoms with Gasteiger partial charge in [-0.15, -0.1) is 0 Å². The van der Waals surface area contributed by atoms with Crippen molar-refractivity contribution in [2.24, 2.45) is 0 Å². The topological polar surface area (TPSA) is 76.7 Å². The SMILES string of the molecule is O=C(Nc1cccc(Cl)c1)Nc1cc2c(cc1C(=O)c1ccccc1Cl)OCCO2. The lowest BCUT2D eigenvalue weighted by atomic mass is 10.0. The Balaban J connectivity index is 1.68. The van der Waals surface area contributed by atoms with Crippen LogP contribution in [0.1, 0.15) is 15.9 Å². The van der Waals surface area contributed by atoms with Gasteiger partial charge in [-0.3, -0.25) is 4.79 Å². The standard InChI is InChI=1S/C22H16Cl2N2O4/c23-13-4-3-5-14(10-13)25-22(28)26-18-12-20-19(29-8-9-30-20)11-16(18)21(27)15-6-1-2-7-17(15)24/h1-7,10-12H,8-9H2,(H2,25,26,28). The number of rotatable bonds is 4. The van der Waals surface area contributed by atoms with Gasteiger partial charge >= 0.3 is 6.03 Å². The Bertz CT molecular complexity index is 1130. The highest BCUT2D eigenvalue weighted by Crippen LogP contribution is 2.37. The zero-order valence-electron chi connectivity index (χ0n) is 15.6. The van der Waals surface area contributed by atoms with Crippen molar-refractivity contribution in [1.29, 1.82) is 0 Å². The minimum Gasteiger partial charge on any atom is -0.486 e. The van der Waals surface area contributed by atoms with Crippen molar-refractivity contribution in [3.05, 3.63) is 81.8 Å². The fraction of sp³-hybridized carbons (Fsp3) is 0.0909. The number of amides is 2. The molecule has 0 bridgehead atoms. The minimum absolute atomic E-state index is 0.230. The first kappa shape index (κ1) is 20.1. The molecule has 3 aromatic rings. The molecule has 0 aliphatic carbocycles. The third kappa shape index (κ3) is 4.35. The number of hydrogen-bond acceptors (Lipinski definition) is 4. The summed E-state index contributed by atoms with van der Waals surface area (Å²) in [5.41, 5.74) is 1.32. The molecule has 30 heavy (non-hydrogen) atoms. The number of fused-ring (bicyclic) bond motifs is 1. The highest BCUT2D eigenvalue weighted by atomic mass is 35.5. The molecule has 8 heteroatoms. The smallest absolute Gasteiger partial charge is 0.323 e. The molecular weight excluding hydrogens is 427 g/mol. The molecule has 0 radical (unpaired) electrons. The summed E-state index contributed by atoms with van der Waals surface area (Å²) in [6, 6.07) is 16.0. The summed E-state index contributed by atoms with van der Waals surface area (Å²) in [6.45, 7) is 0.744. The summed E-state index contributed by atoms with van der Waals surface area (Å²) < 4.78 is 11.2. The van der Waals surface area contributed by atoms with Gasteiger partial charge in [0.2, 0.25) is 0 Å². The zero-order chi connectivity index (χ0) is 21.1. The van der Waals surface area contributed by atoms with Gasteiger partial charge in [0.15, 0.2) is 17.3 Å². The normalized spacial score (nSPS) is 12.2. The average molecular weight is 443 g/mol. The molecule has 0 spiro atoms. The summed E-state index contributed by atoms with van der Waals surface area (Å²) in [6.07, 6.45) is 0. The molecule has 1 aliphatic heterocycles. The fourth-order valence-corrected chi connectivity index (χ4v) is 3.43. The van der Waals surface area contributed by atoms with Crippen LogP contribution in [0.5, 0.6) is 11.5 Å². The molecular formula is C22H16Cl2N2O4. The van der Waals surface area contributed by atoms with Crippen molar-refractivity contribution in [3.63, 3.8) is 0 Å². The van der Waals surface area contributed by atoms with Gasteiger partial charge in [0.25, 0.3) is 0 Å². The highest BCUT2D eigenvalue weighted by molar-refractivity contribution is 6.35. The second-order valence-electron chi connectivity index (χ2n) is 6.44. The second-order valence-corrected chi connectivity index (χ2v) is 7.28. The number of ether oxygens (including phenoxy) is 2. The monoisotopic (exact) mass is 442 g/mol. The number of ketones is 1. The van der Waals surface area contributed by atoms with Crippen molar-refractivity contribution in [1.82, 2.24) is 0 Å². The number of urea groups is 1. The minimum atomic E-state index is -0.540. The maximum Gasteiger partial charge on any atom is 0.323 e. The van der Waals surface area contributed by atoms with Crippen LogP contribution in [0.4, 0.5) is 16.2 Å². The molecule has 6 nitrogen and oxygen atoms in total. The molecule has 0 atom stereocenters. The first-order valence-corrected chi connectivity index (χ1v) is 9.83. The van der Waals surface area contributed by atoms with Crippen LogP contribution in [-0.4, -0.2) is 25.0 Å². The third-order valence-electron chi connectivity index (χ3n) is 4.38. The Kier molecular flexibility index (Phi) is 5.79. The van der Waals surface area contributed by atoms with E-state index in [1.54, 1.807) is 60.7 Å². The van der Waals surface area contributed by atoms with E-state index in [1.165, 1.54) is 0 Å². The molecule has 3 aromatic carbocycles. The number of carbonyl (C=O) groups excluding carboxylic acids is 2. The number of benzene rings is 3. The summed E-state index contributed by atoms with van der Waals surface area (Å²) >= 11 is 12.2. The first-order valence-electron chi connectivity index (χ1n) is 9.08. The van der Waals surface area contributed by atoms with E-state index in [1.807, 2.05) is 0 Å². The van der Waals surface area contributed by atoms with Crippen LogP contribution in [-0.2, 0) is 0 Å². The van der Waals surface area contributed by atoms with E-state index in [4.69, 9.17) is 32.7 Å². The summed E-state index contributed by atoms with van der Waals surface area (Å²) in [5, 5.41) is 6.19. The maximum absolute atomic E-state index is 13.2. The van der Waals surface area contributed by atoms with Gasteiger partial charge in [-0.05, 0) is 36.4 Å².